The number of hydrazone groups is 1. The Balaban J connectivity index is 2.52. The van der Waals surface area contributed by atoms with Crippen molar-refractivity contribution in [2.24, 2.45) is 10.8 Å². The van der Waals surface area contributed by atoms with Gasteiger partial charge >= 0.3 is 0 Å². The first-order valence-electron chi connectivity index (χ1n) is 6.12. The highest BCUT2D eigenvalue weighted by Gasteiger charge is 2.09. The largest absolute Gasteiger partial charge is 0.375 e. The standard InChI is InChI=1S/C15H13Cl2N3S/c1-9-2-4-10(5-3-9)14(19-20-15(18)21)11-6-12(16)8-13(17)7-11/h2-8H,1H3,(H3,18,20,21)/b19-14+. The van der Waals surface area contributed by atoms with Crippen molar-refractivity contribution in [3.63, 3.8) is 0 Å². The first-order valence-corrected chi connectivity index (χ1v) is 7.29. The fourth-order valence-electron chi connectivity index (χ4n) is 1.81. The molecule has 3 nitrogen and oxygen atoms in total. The molecule has 0 saturated heterocycles. The average molecular weight is 338 g/mol. The molecule has 0 bridgehead atoms. The molecule has 0 saturated carbocycles. The molecule has 0 aliphatic carbocycles. The van der Waals surface area contributed by atoms with E-state index in [1.54, 1.807) is 18.2 Å². The van der Waals surface area contributed by atoms with Crippen LogP contribution in [0.1, 0.15) is 16.7 Å². The summed E-state index contributed by atoms with van der Waals surface area (Å²) in [6.07, 6.45) is 0. The Morgan fingerprint density at radius 3 is 2.14 bits per heavy atom. The summed E-state index contributed by atoms with van der Waals surface area (Å²) in [5, 5.41) is 5.42. The van der Waals surface area contributed by atoms with Gasteiger partial charge in [0, 0.05) is 21.2 Å². The van der Waals surface area contributed by atoms with Crippen LogP contribution in [-0.4, -0.2) is 10.8 Å². The molecule has 0 aliphatic heterocycles. The van der Waals surface area contributed by atoms with E-state index in [9.17, 15) is 0 Å². The first-order chi connectivity index (χ1) is 9.95. The maximum Gasteiger partial charge on any atom is 0.184 e. The lowest BCUT2D eigenvalue weighted by atomic mass is 10.0. The van der Waals surface area contributed by atoms with Crippen molar-refractivity contribution >= 4 is 46.2 Å². The summed E-state index contributed by atoms with van der Waals surface area (Å²) < 4.78 is 0. The molecule has 0 atom stereocenters. The Bertz CT molecular complexity index is 676. The summed E-state index contributed by atoms with van der Waals surface area (Å²) in [7, 11) is 0. The van der Waals surface area contributed by atoms with Crippen LogP contribution in [0.5, 0.6) is 0 Å². The van der Waals surface area contributed by atoms with Gasteiger partial charge in [-0.05, 0) is 37.3 Å². The van der Waals surface area contributed by atoms with Crippen molar-refractivity contribution in [2.45, 2.75) is 6.92 Å². The third-order valence-electron chi connectivity index (χ3n) is 2.74. The lowest BCUT2D eigenvalue weighted by Crippen LogP contribution is -2.26. The van der Waals surface area contributed by atoms with Gasteiger partial charge in [0.1, 0.15) is 0 Å². The molecule has 0 spiro atoms. The predicted octanol–water partition coefficient (Wildman–Crippen LogP) is 3.89. The molecule has 2 rings (SSSR count). The zero-order valence-corrected chi connectivity index (χ0v) is 13.6. The van der Waals surface area contributed by atoms with Gasteiger partial charge in [0.25, 0.3) is 0 Å². The molecule has 6 heteroatoms. The summed E-state index contributed by atoms with van der Waals surface area (Å²) >= 11 is 16.9. The summed E-state index contributed by atoms with van der Waals surface area (Å²) in [6.45, 7) is 2.02. The average Bonchev–Trinajstić information content (AvgIpc) is 2.39. The van der Waals surface area contributed by atoms with Gasteiger partial charge in [-0.25, -0.2) is 0 Å². The van der Waals surface area contributed by atoms with Crippen molar-refractivity contribution in [3.8, 4) is 0 Å². The number of benzene rings is 2. The van der Waals surface area contributed by atoms with Crippen molar-refractivity contribution in [2.75, 3.05) is 0 Å². The minimum absolute atomic E-state index is 0.0905. The maximum atomic E-state index is 6.06. The molecule has 3 N–H and O–H groups in total. The van der Waals surface area contributed by atoms with Gasteiger partial charge < -0.3 is 5.73 Å². The van der Waals surface area contributed by atoms with Crippen LogP contribution in [0, 0.1) is 6.92 Å². The molecule has 108 valence electrons. The number of nitrogens with one attached hydrogen (secondary N) is 1. The van der Waals surface area contributed by atoms with Crippen LogP contribution in [-0.2, 0) is 0 Å². The van der Waals surface area contributed by atoms with Gasteiger partial charge in [0.2, 0.25) is 0 Å². The lowest BCUT2D eigenvalue weighted by Gasteiger charge is -2.09. The summed E-state index contributed by atoms with van der Waals surface area (Å²) in [6, 6.07) is 13.2. The maximum absolute atomic E-state index is 6.06. The summed E-state index contributed by atoms with van der Waals surface area (Å²) in [5.74, 6) is 0. The van der Waals surface area contributed by atoms with Crippen LogP contribution < -0.4 is 11.2 Å². The topological polar surface area (TPSA) is 50.4 Å². The van der Waals surface area contributed by atoms with Crippen LogP contribution in [0.3, 0.4) is 0 Å². The van der Waals surface area contributed by atoms with Crippen LogP contribution >= 0.6 is 35.4 Å². The molecule has 0 radical (unpaired) electrons. The molecule has 2 aromatic carbocycles. The van der Waals surface area contributed by atoms with Crippen molar-refractivity contribution in [3.05, 3.63) is 69.2 Å². The number of nitrogens with two attached hydrogens (primary N) is 1. The van der Waals surface area contributed by atoms with E-state index in [1.165, 1.54) is 0 Å². The highest BCUT2D eigenvalue weighted by Crippen LogP contribution is 2.22. The molecule has 0 aliphatic rings. The summed E-state index contributed by atoms with van der Waals surface area (Å²) in [4.78, 5) is 0. The van der Waals surface area contributed by atoms with Crippen LogP contribution in [0.4, 0.5) is 0 Å². The van der Waals surface area contributed by atoms with Crippen LogP contribution in [0.15, 0.2) is 47.6 Å². The molecule has 2 aromatic rings. The normalized spacial score (nSPS) is 11.3. The van der Waals surface area contributed by atoms with E-state index in [4.69, 9.17) is 41.2 Å². The Hall–Kier alpha value is -1.62. The van der Waals surface area contributed by atoms with E-state index in [0.29, 0.717) is 15.8 Å². The monoisotopic (exact) mass is 337 g/mol. The third-order valence-corrected chi connectivity index (χ3v) is 3.27. The second-order valence-electron chi connectivity index (χ2n) is 4.46. The number of hydrogen-bond donors (Lipinski definition) is 2. The predicted molar refractivity (Wildman–Crippen MR) is 93.2 cm³/mol. The molecule has 21 heavy (non-hydrogen) atoms. The first kappa shape index (κ1) is 15.8. The van der Waals surface area contributed by atoms with E-state index in [0.717, 1.165) is 16.7 Å². The highest BCUT2D eigenvalue weighted by molar-refractivity contribution is 7.80. The molecular formula is C15H13Cl2N3S. The van der Waals surface area contributed by atoms with E-state index in [1.807, 2.05) is 31.2 Å². The minimum Gasteiger partial charge on any atom is -0.375 e. The number of aryl methyl sites for hydroxylation is 1. The van der Waals surface area contributed by atoms with E-state index in [-0.39, 0.29) is 5.11 Å². The van der Waals surface area contributed by atoms with Gasteiger partial charge in [0.15, 0.2) is 5.11 Å². The Morgan fingerprint density at radius 2 is 1.62 bits per heavy atom. The van der Waals surface area contributed by atoms with Crippen LogP contribution in [0.2, 0.25) is 10.0 Å². The number of hydrogen-bond acceptors (Lipinski definition) is 2. The fourth-order valence-corrected chi connectivity index (χ4v) is 2.38. The number of nitrogens with zero attached hydrogens (tertiary/aromatic N) is 1. The Kier molecular flexibility index (Phi) is 5.17. The quantitative estimate of drug-likeness (QED) is 0.507. The van der Waals surface area contributed by atoms with Gasteiger partial charge in [-0.15, -0.1) is 0 Å². The van der Waals surface area contributed by atoms with Crippen LogP contribution in [0.25, 0.3) is 0 Å². The number of rotatable bonds is 3. The SMILES string of the molecule is Cc1ccc(/C(=N\NC(N)=S)c2cc(Cl)cc(Cl)c2)cc1. The van der Waals surface area contributed by atoms with E-state index in [2.05, 4.69) is 10.5 Å². The van der Waals surface area contributed by atoms with Gasteiger partial charge in [-0.2, -0.15) is 5.10 Å². The molecule has 0 unspecified atom stereocenters. The zero-order chi connectivity index (χ0) is 15.4. The minimum atomic E-state index is 0.0905. The molecule has 0 aromatic heterocycles. The molecule has 0 fully saturated rings. The number of halogens is 2. The highest BCUT2D eigenvalue weighted by atomic mass is 35.5. The van der Waals surface area contributed by atoms with E-state index >= 15 is 0 Å². The molecular weight excluding hydrogens is 325 g/mol. The van der Waals surface area contributed by atoms with E-state index < -0.39 is 0 Å². The fraction of sp³-hybridized carbons (Fsp3) is 0.0667. The summed E-state index contributed by atoms with van der Waals surface area (Å²) in [5.41, 5.74) is 11.5. The zero-order valence-electron chi connectivity index (χ0n) is 11.2. The third kappa shape index (κ3) is 4.43. The Labute approximate surface area is 138 Å². The van der Waals surface area contributed by atoms with Crippen molar-refractivity contribution in [1.29, 1.82) is 0 Å². The van der Waals surface area contributed by atoms with Gasteiger partial charge in [-0.3, -0.25) is 5.43 Å². The smallest absolute Gasteiger partial charge is 0.184 e. The molecule has 0 amide bonds. The Morgan fingerprint density at radius 1 is 1.05 bits per heavy atom. The second kappa shape index (κ2) is 6.89. The lowest BCUT2D eigenvalue weighted by molar-refractivity contribution is 1.03. The van der Waals surface area contributed by atoms with Crippen molar-refractivity contribution in [1.82, 2.24) is 5.43 Å². The van der Waals surface area contributed by atoms with Crippen molar-refractivity contribution < 1.29 is 0 Å². The number of thiocarbonyl (C=S) groups is 1. The van der Waals surface area contributed by atoms with Gasteiger partial charge in [0.05, 0.1) is 5.71 Å². The second-order valence-corrected chi connectivity index (χ2v) is 5.77. The van der Waals surface area contributed by atoms with Gasteiger partial charge in [-0.1, -0.05) is 53.0 Å². The molecule has 0 heterocycles.